The first kappa shape index (κ1) is 12.0. The smallest absolute Gasteiger partial charge is 0.251 e. The SMILES string of the molecule is Cc1c(-c2ccccc2)c2ccc(Cl)cc2[nH]c1=O. The predicted octanol–water partition coefficient (Wildman–Crippen LogP) is 4.16. The van der Waals surface area contributed by atoms with Crippen LogP contribution >= 0.6 is 11.6 Å². The summed E-state index contributed by atoms with van der Waals surface area (Å²) in [7, 11) is 0. The summed E-state index contributed by atoms with van der Waals surface area (Å²) in [6, 6.07) is 15.5. The van der Waals surface area contributed by atoms with Gasteiger partial charge in [-0.2, -0.15) is 0 Å². The van der Waals surface area contributed by atoms with Gasteiger partial charge in [-0.25, -0.2) is 0 Å². The van der Waals surface area contributed by atoms with Crippen LogP contribution in [0.25, 0.3) is 22.0 Å². The van der Waals surface area contributed by atoms with Crippen molar-refractivity contribution >= 4 is 22.5 Å². The maximum Gasteiger partial charge on any atom is 0.251 e. The van der Waals surface area contributed by atoms with E-state index in [2.05, 4.69) is 4.98 Å². The Hall–Kier alpha value is -2.06. The molecule has 3 rings (SSSR count). The second-order valence-electron chi connectivity index (χ2n) is 4.51. The third-order valence-electron chi connectivity index (χ3n) is 3.28. The summed E-state index contributed by atoms with van der Waals surface area (Å²) >= 11 is 5.99. The predicted molar refractivity (Wildman–Crippen MR) is 79.8 cm³/mol. The first-order chi connectivity index (χ1) is 9.16. The quantitative estimate of drug-likeness (QED) is 0.707. The molecule has 0 spiro atoms. The van der Waals surface area contributed by atoms with Crippen molar-refractivity contribution in [1.82, 2.24) is 4.98 Å². The molecule has 0 aliphatic rings. The fraction of sp³-hybridized carbons (Fsp3) is 0.0625. The Bertz CT molecular complexity index is 806. The minimum Gasteiger partial charge on any atom is -0.322 e. The first-order valence-electron chi connectivity index (χ1n) is 6.04. The van der Waals surface area contributed by atoms with Crippen molar-refractivity contribution in [2.45, 2.75) is 6.92 Å². The molecular weight excluding hydrogens is 258 g/mol. The molecule has 1 heterocycles. The zero-order valence-corrected chi connectivity index (χ0v) is 11.2. The molecule has 0 radical (unpaired) electrons. The highest BCUT2D eigenvalue weighted by Crippen LogP contribution is 2.30. The monoisotopic (exact) mass is 269 g/mol. The molecule has 0 aliphatic carbocycles. The molecule has 3 aromatic rings. The van der Waals surface area contributed by atoms with Crippen LogP contribution in [0.15, 0.2) is 53.3 Å². The highest BCUT2D eigenvalue weighted by Gasteiger charge is 2.10. The summed E-state index contributed by atoms with van der Waals surface area (Å²) in [5, 5.41) is 1.62. The Morgan fingerprint density at radius 1 is 1.05 bits per heavy atom. The van der Waals surface area contributed by atoms with E-state index in [9.17, 15) is 4.79 Å². The number of nitrogens with one attached hydrogen (secondary N) is 1. The van der Waals surface area contributed by atoms with Gasteiger partial charge in [0.1, 0.15) is 0 Å². The van der Waals surface area contributed by atoms with Gasteiger partial charge < -0.3 is 4.98 Å². The van der Waals surface area contributed by atoms with Crippen molar-refractivity contribution < 1.29 is 0 Å². The number of H-pyrrole nitrogens is 1. The van der Waals surface area contributed by atoms with Gasteiger partial charge in [0.15, 0.2) is 0 Å². The Labute approximate surface area is 115 Å². The number of rotatable bonds is 1. The summed E-state index contributed by atoms with van der Waals surface area (Å²) in [6.45, 7) is 1.84. The van der Waals surface area contributed by atoms with Crippen LogP contribution in [0, 0.1) is 6.92 Å². The third-order valence-corrected chi connectivity index (χ3v) is 3.51. The normalized spacial score (nSPS) is 10.8. The van der Waals surface area contributed by atoms with E-state index in [4.69, 9.17) is 11.6 Å². The standard InChI is InChI=1S/C16H12ClNO/c1-10-15(11-5-3-2-4-6-11)13-8-7-12(17)9-14(13)18-16(10)19/h2-9H,1H3,(H,18,19). The van der Waals surface area contributed by atoms with Gasteiger partial charge in [0.2, 0.25) is 0 Å². The van der Waals surface area contributed by atoms with Gasteiger partial charge >= 0.3 is 0 Å². The van der Waals surface area contributed by atoms with Crippen LogP contribution in [0.5, 0.6) is 0 Å². The summed E-state index contributed by atoms with van der Waals surface area (Å²) in [4.78, 5) is 14.9. The molecule has 0 atom stereocenters. The van der Waals surface area contributed by atoms with E-state index in [0.29, 0.717) is 5.02 Å². The van der Waals surface area contributed by atoms with Crippen LogP contribution in [0.1, 0.15) is 5.56 Å². The maximum absolute atomic E-state index is 12.0. The zero-order chi connectivity index (χ0) is 13.4. The number of benzene rings is 2. The molecule has 94 valence electrons. The molecule has 0 amide bonds. The van der Waals surface area contributed by atoms with Crippen LogP contribution in [0.3, 0.4) is 0 Å². The van der Waals surface area contributed by atoms with Gasteiger partial charge in [-0.15, -0.1) is 0 Å². The second-order valence-corrected chi connectivity index (χ2v) is 4.95. The minimum absolute atomic E-state index is 0.0754. The topological polar surface area (TPSA) is 32.9 Å². The molecule has 0 unspecified atom stereocenters. The van der Waals surface area contributed by atoms with Gasteiger partial charge in [-0.3, -0.25) is 4.79 Å². The lowest BCUT2D eigenvalue weighted by atomic mass is 9.97. The summed E-state index contributed by atoms with van der Waals surface area (Å²) in [6.07, 6.45) is 0. The Morgan fingerprint density at radius 2 is 1.79 bits per heavy atom. The lowest BCUT2D eigenvalue weighted by molar-refractivity contribution is 1.24. The van der Waals surface area contributed by atoms with Crippen molar-refractivity contribution in [2.24, 2.45) is 0 Å². The lowest BCUT2D eigenvalue weighted by Gasteiger charge is -2.10. The van der Waals surface area contributed by atoms with E-state index in [1.165, 1.54) is 0 Å². The van der Waals surface area contributed by atoms with E-state index >= 15 is 0 Å². The Morgan fingerprint density at radius 3 is 2.53 bits per heavy atom. The Balaban J connectivity index is 2.46. The molecule has 3 heteroatoms. The number of halogens is 1. The molecular formula is C16H12ClNO. The van der Waals surface area contributed by atoms with Crippen molar-refractivity contribution in [1.29, 1.82) is 0 Å². The molecule has 2 nitrogen and oxygen atoms in total. The summed E-state index contributed by atoms with van der Waals surface area (Å²) < 4.78 is 0. The van der Waals surface area contributed by atoms with E-state index in [1.807, 2.05) is 49.4 Å². The fourth-order valence-corrected chi connectivity index (χ4v) is 2.52. The van der Waals surface area contributed by atoms with Crippen LogP contribution in [0.2, 0.25) is 5.02 Å². The lowest BCUT2D eigenvalue weighted by Crippen LogP contribution is -2.11. The highest BCUT2D eigenvalue weighted by molar-refractivity contribution is 6.31. The largest absolute Gasteiger partial charge is 0.322 e. The number of hydrogen-bond acceptors (Lipinski definition) is 1. The number of aromatic nitrogens is 1. The molecule has 0 saturated heterocycles. The van der Waals surface area contributed by atoms with E-state index in [-0.39, 0.29) is 5.56 Å². The van der Waals surface area contributed by atoms with Crippen molar-refractivity contribution in [3.8, 4) is 11.1 Å². The van der Waals surface area contributed by atoms with E-state index in [0.717, 1.165) is 27.6 Å². The number of hydrogen-bond donors (Lipinski definition) is 1. The molecule has 2 aromatic carbocycles. The molecule has 0 fully saturated rings. The number of fused-ring (bicyclic) bond motifs is 1. The average Bonchev–Trinajstić information content (AvgIpc) is 2.41. The second kappa shape index (κ2) is 4.56. The van der Waals surface area contributed by atoms with Gasteiger partial charge in [0, 0.05) is 16.0 Å². The van der Waals surface area contributed by atoms with E-state index < -0.39 is 0 Å². The van der Waals surface area contributed by atoms with Crippen LogP contribution in [-0.2, 0) is 0 Å². The average molecular weight is 270 g/mol. The molecule has 1 aromatic heterocycles. The van der Waals surface area contributed by atoms with Gasteiger partial charge in [0.05, 0.1) is 5.52 Å². The van der Waals surface area contributed by atoms with Crippen molar-refractivity contribution in [3.05, 3.63) is 69.5 Å². The van der Waals surface area contributed by atoms with Gasteiger partial charge in [-0.1, -0.05) is 48.0 Å². The highest BCUT2D eigenvalue weighted by atomic mass is 35.5. The van der Waals surface area contributed by atoms with Gasteiger partial charge in [0.25, 0.3) is 5.56 Å². The van der Waals surface area contributed by atoms with Gasteiger partial charge in [-0.05, 0) is 30.2 Å². The number of pyridine rings is 1. The molecule has 0 bridgehead atoms. The maximum atomic E-state index is 12.0. The third kappa shape index (κ3) is 2.04. The van der Waals surface area contributed by atoms with Crippen molar-refractivity contribution in [3.63, 3.8) is 0 Å². The minimum atomic E-state index is -0.0754. The molecule has 0 aliphatic heterocycles. The fourth-order valence-electron chi connectivity index (χ4n) is 2.35. The van der Waals surface area contributed by atoms with Crippen LogP contribution < -0.4 is 5.56 Å². The zero-order valence-electron chi connectivity index (χ0n) is 10.4. The summed E-state index contributed by atoms with van der Waals surface area (Å²) in [5.41, 5.74) is 3.42. The van der Waals surface area contributed by atoms with Crippen LogP contribution in [-0.4, -0.2) is 4.98 Å². The van der Waals surface area contributed by atoms with Crippen LogP contribution in [0.4, 0.5) is 0 Å². The first-order valence-corrected chi connectivity index (χ1v) is 6.42. The molecule has 1 N–H and O–H groups in total. The molecule has 0 saturated carbocycles. The van der Waals surface area contributed by atoms with Crippen molar-refractivity contribution in [2.75, 3.05) is 0 Å². The Kier molecular flexibility index (Phi) is 2.88. The summed E-state index contributed by atoms with van der Waals surface area (Å²) in [5.74, 6) is 0. The van der Waals surface area contributed by atoms with E-state index in [1.54, 1.807) is 6.07 Å². The molecule has 19 heavy (non-hydrogen) atoms. The number of aromatic amines is 1.